The summed E-state index contributed by atoms with van der Waals surface area (Å²) in [6.07, 6.45) is 3.46. The van der Waals surface area contributed by atoms with E-state index in [1.165, 1.54) is 0 Å². The molecule has 14 heteroatoms. The molecule has 0 aliphatic carbocycles. The van der Waals surface area contributed by atoms with E-state index < -0.39 is 26.1 Å². The average molecular weight is 404 g/mol. The molecule has 4 N–H and O–H groups in total. The van der Waals surface area contributed by atoms with E-state index in [2.05, 4.69) is 10.3 Å². The van der Waals surface area contributed by atoms with E-state index in [1.54, 1.807) is 0 Å². The fourth-order valence-electron chi connectivity index (χ4n) is 1.77. The number of nitrogens with zero attached hydrogens (tertiary/aromatic N) is 2. The van der Waals surface area contributed by atoms with Crippen molar-refractivity contribution in [3.8, 4) is 0 Å². The Labute approximate surface area is 184 Å². The van der Waals surface area contributed by atoms with Crippen molar-refractivity contribution in [3.05, 3.63) is 0 Å². The minimum atomic E-state index is -4.98. The molecule has 0 aromatic rings. The summed E-state index contributed by atoms with van der Waals surface area (Å²) in [6.45, 7) is 0. The van der Waals surface area contributed by atoms with Crippen molar-refractivity contribution in [1.82, 2.24) is 0 Å². The maximum Gasteiger partial charge on any atom is 1.00 e. The van der Waals surface area contributed by atoms with Gasteiger partial charge >= 0.3 is 66.7 Å². The molecule has 0 bridgehead atoms. The van der Waals surface area contributed by atoms with Gasteiger partial charge in [-0.25, -0.2) is 0 Å². The molecule has 10 nitrogen and oxygen atoms in total. The van der Waals surface area contributed by atoms with E-state index in [0.29, 0.717) is 25.7 Å². The second-order valence-electron chi connectivity index (χ2n) is 4.70. The monoisotopic (exact) mass is 404 g/mol. The molecule has 0 unspecified atom stereocenters. The van der Waals surface area contributed by atoms with Crippen molar-refractivity contribution >= 4 is 26.1 Å². The molecule has 0 saturated heterocycles. The molecular weight excluding hydrogens is 384 g/mol. The van der Waals surface area contributed by atoms with E-state index >= 15 is 0 Å². The third kappa shape index (κ3) is 14.4. The predicted octanol–water partition coefficient (Wildman–Crippen LogP) is -5.22. The topological polar surface area (TPSA) is 186 Å². The molecule has 0 aromatic heterocycles. The number of oxime groups is 2. The van der Waals surface area contributed by atoms with Crippen molar-refractivity contribution in [2.45, 2.75) is 51.4 Å². The molecule has 0 aliphatic rings. The van der Waals surface area contributed by atoms with Crippen LogP contribution in [0.2, 0.25) is 0 Å². The normalized spacial score (nSPS) is 13.2. The van der Waals surface area contributed by atoms with E-state index in [4.69, 9.17) is 20.2 Å². The first kappa shape index (κ1) is 30.0. The van der Waals surface area contributed by atoms with Crippen LogP contribution in [0.25, 0.3) is 0 Å². The standard InChI is InChI=1S/C10H22N2O8P2.2Na/c13-11-9(21(15,16)17)7-5-3-1-2-4-6-8-10(12-14)22(18,19)20;;/h13-14H,1-8H2,(H2,15,16,17)(H2,18,19,20);;/q;2*+1/p-2. The first-order valence-electron chi connectivity index (χ1n) is 6.63. The van der Waals surface area contributed by atoms with E-state index in [1.807, 2.05) is 0 Å². The fraction of sp³-hybridized carbons (Fsp3) is 0.800. The van der Waals surface area contributed by atoms with Crippen molar-refractivity contribution in [3.63, 3.8) is 0 Å². The maximum atomic E-state index is 10.8. The molecule has 0 aromatic carbocycles. The van der Waals surface area contributed by atoms with Gasteiger partial charge in [0.2, 0.25) is 0 Å². The molecule has 0 rings (SSSR count). The Morgan fingerprint density at radius 1 is 0.750 bits per heavy atom. The van der Waals surface area contributed by atoms with Crippen LogP contribution >= 0.6 is 15.2 Å². The van der Waals surface area contributed by atoms with Gasteiger partial charge in [-0.15, -0.1) is 0 Å². The molecule has 0 atom stereocenters. The Bertz CT molecular complexity index is 447. The minimum Gasteiger partial charge on any atom is -0.806 e. The molecule has 0 heterocycles. The number of unbranched alkanes of at least 4 members (excludes halogenated alkanes) is 5. The summed E-state index contributed by atoms with van der Waals surface area (Å²) >= 11 is 0. The molecule has 0 fully saturated rings. The van der Waals surface area contributed by atoms with Crippen LogP contribution in [0.5, 0.6) is 0 Å². The Kier molecular flexibility index (Phi) is 19.1. The van der Waals surface area contributed by atoms with Gasteiger partial charge in [0, 0.05) is 6.42 Å². The molecular formula is C10H20N2Na2O8P2. The summed E-state index contributed by atoms with van der Waals surface area (Å²) in [5, 5.41) is 21.9. The van der Waals surface area contributed by atoms with Crippen LogP contribution in [0.1, 0.15) is 51.4 Å². The summed E-state index contributed by atoms with van der Waals surface area (Å²) in [7, 11) is -9.48. The van der Waals surface area contributed by atoms with E-state index in [0.717, 1.165) is 12.8 Å². The van der Waals surface area contributed by atoms with Crippen molar-refractivity contribution in [2.75, 3.05) is 0 Å². The van der Waals surface area contributed by atoms with Crippen LogP contribution in [0.15, 0.2) is 10.3 Å². The van der Waals surface area contributed by atoms with Gasteiger partial charge < -0.3 is 34.6 Å². The quantitative estimate of drug-likeness (QED) is 0.0657. The summed E-state index contributed by atoms with van der Waals surface area (Å²) in [5.74, 6) is 0. The van der Waals surface area contributed by atoms with Crippen LogP contribution in [0.4, 0.5) is 0 Å². The van der Waals surface area contributed by atoms with Gasteiger partial charge in [0.1, 0.15) is 0 Å². The summed E-state index contributed by atoms with van der Waals surface area (Å²) in [6, 6.07) is 0. The summed E-state index contributed by atoms with van der Waals surface area (Å²) in [4.78, 5) is 38.9. The second kappa shape index (κ2) is 15.3. The molecule has 0 spiro atoms. The summed E-state index contributed by atoms with van der Waals surface area (Å²) < 4.78 is 21.5. The Hall–Kier alpha value is 1.24. The maximum absolute atomic E-state index is 10.8. The Morgan fingerprint density at radius 2 is 1.08 bits per heavy atom. The Morgan fingerprint density at radius 3 is 1.38 bits per heavy atom. The SMILES string of the molecule is O=P([O-])([O-])C(CCCCCCCCC(=NO)P(=O)(O)O)=NO.[Na+].[Na+]. The third-order valence-corrected chi connectivity index (χ3v) is 4.86. The molecule has 130 valence electrons. The second-order valence-corrected chi connectivity index (χ2v) is 7.81. The zero-order valence-electron chi connectivity index (χ0n) is 13.9. The van der Waals surface area contributed by atoms with Crippen LogP contribution in [-0.2, 0) is 9.13 Å². The third-order valence-electron chi connectivity index (χ3n) is 2.93. The Balaban J connectivity index is -0.00000220. The molecule has 24 heavy (non-hydrogen) atoms. The fourth-order valence-corrected chi connectivity index (χ4v) is 2.88. The van der Waals surface area contributed by atoms with Crippen molar-refractivity contribution in [2.24, 2.45) is 10.3 Å². The number of hydrogen-bond donors (Lipinski definition) is 4. The van der Waals surface area contributed by atoms with Crippen molar-refractivity contribution in [1.29, 1.82) is 0 Å². The van der Waals surface area contributed by atoms with Gasteiger partial charge in [-0.1, -0.05) is 36.0 Å². The van der Waals surface area contributed by atoms with Gasteiger partial charge in [-0.05, 0) is 26.9 Å². The average Bonchev–Trinajstić information content (AvgIpc) is 2.38. The molecule has 0 aliphatic heterocycles. The molecule has 0 radical (unpaired) electrons. The van der Waals surface area contributed by atoms with Gasteiger partial charge in [-0.2, -0.15) is 0 Å². The first-order valence-corrected chi connectivity index (χ1v) is 9.79. The minimum absolute atomic E-state index is 0. The van der Waals surface area contributed by atoms with Crippen LogP contribution in [0, 0.1) is 0 Å². The molecule has 0 amide bonds. The largest absolute Gasteiger partial charge is 1.00 e. The van der Waals surface area contributed by atoms with Crippen LogP contribution < -0.4 is 68.9 Å². The first-order chi connectivity index (χ1) is 10.1. The predicted molar refractivity (Wildman–Crippen MR) is 75.0 cm³/mol. The number of hydrogen-bond acceptors (Lipinski definition) is 8. The van der Waals surface area contributed by atoms with Crippen LogP contribution in [-0.4, -0.2) is 31.1 Å². The van der Waals surface area contributed by atoms with E-state index in [9.17, 15) is 18.9 Å². The van der Waals surface area contributed by atoms with Gasteiger partial charge in [0.05, 0.1) is 5.45 Å². The van der Waals surface area contributed by atoms with Gasteiger partial charge in [0.15, 0.2) is 5.45 Å². The van der Waals surface area contributed by atoms with Gasteiger partial charge in [0.25, 0.3) is 0 Å². The van der Waals surface area contributed by atoms with Crippen molar-refractivity contribution < 1.29 is 98.2 Å². The number of rotatable bonds is 11. The smallest absolute Gasteiger partial charge is 0.806 e. The zero-order chi connectivity index (χ0) is 17.2. The van der Waals surface area contributed by atoms with E-state index in [-0.39, 0.29) is 72.0 Å². The van der Waals surface area contributed by atoms with Crippen LogP contribution in [0.3, 0.4) is 0 Å². The molecule has 0 saturated carbocycles. The zero-order valence-corrected chi connectivity index (χ0v) is 19.7. The van der Waals surface area contributed by atoms with Gasteiger partial charge in [-0.3, -0.25) is 4.57 Å². The summed E-state index contributed by atoms with van der Waals surface area (Å²) in [5.41, 5.74) is -1.30.